The Kier molecular flexibility index (Phi) is 5.90. The van der Waals surface area contributed by atoms with E-state index in [9.17, 15) is 9.59 Å². The Labute approximate surface area is 165 Å². The monoisotopic (exact) mass is 372 g/mol. The molecular weight excluding hydrogens is 348 g/mol. The first-order valence-electron chi connectivity index (χ1n) is 9.35. The molecule has 3 aromatic carbocycles. The molecule has 0 bridgehead atoms. The Bertz CT molecular complexity index is 996. The minimum Gasteiger partial charge on any atom is -0.322 e. The van der Waals surface area contributed by atoms with Crippen LogP contribution >= 0.6 is 0 Å². The van der Waals surface area contributed by atoms with Gasteiger partial charge in [-0.1, -0.05) is 42.0 Å². The fraction of sp³-hybridized carbons (Fsp3) is 0.167. The molecule has 28 heavy (non-hydrogen) atoms. The Morgan fingerprint density at radius 1 is 0.857 bits per heavy atom. The van der Waals surface area contributed by atoms with Crippen molar-refractivity contribution >= 4 is 23.2 Å². The molecule has 0 aromatic heterocycles. The number of anilines is 2. The average molecular weight is 372 g/mol. The summed E-state index contributed by atoms with van der Waals surface area (Å²) in [6.45, 7) is 6.45. The van der Waals surface area contributed by atoms with E-state index in [4.69, 9.17) is 0 Å². The van der Waals surface area contributed by atoms with Crippen molar-refractivity contribution in [3.8, 4) is 0 Å². The molecule has 0 aliphatic rings. The zero-order valence-corrected chi connectivity index (χ0v) is 16.4. The Balaban J connectivity index is 1.83. The minimum atomic E-state index is -0.232. The van der Waals surface area contributed by atoms with Crippen molar-refractivity contribution in [2.75, 3.05) is 16.8 Å². The lowest BCUT2D eigenvalue weighted by atomic mass is 10.1. The van der Waals surface area contributed by atoms with E-state index in [1.807, 2.05) is 69.3 Å². The van der Waals surface area contributed by atoms with Crippen molar-refractivity contribution < 1.29 is 9.59 Å². The molecule has 0 heterocycles. The first-order chi connectivity index (χ1) is 13.5. The summed E-state index contributed by atoms with van der Waals surface area (Å²) in [6.07, 6.45) is 0. The highest BCUT2D eigenvalue weighted by atomic mass is 16.2. The number of rotatable bonds is 5. The van der Waals surface area contributed by atoms with Gasteiger partial charge in [-0.05, 0) is 62.7 Å². The van der Waals surface area contributed by atoms with E-state index >= 15 is 0 Å². The molecule has 0 atom stereocenters. The summed E-state index contributed by atoms with van der Waals surface area (Å²) >= 11 is 0. The summed E-state index contributed by atoms with van der Waals surface area (Å²) in [5.41, 5.74) is 4.69. The van der Waals surface area contributed by atoms with Crippen molar-refractivity contribution in [1.29, 1.82) is 0 Å². The lowest BCUT2D eigenvalue weighted by molar-refractivity contribution is 0.0988. The van der Waals surface area contributed by atoms with E-state index in [2.05, 4.69) is 5.32 Å². The van der Waals surface area contributed by atoms with Gasteiger partial charge in [0.1, 0.15) is 0 Å². The van der Waals surface area contributed by atoms with E-state index in [0.717, 1.165) is 22.5 Å². The van der Waals surface area contributed by atoms with E-state index < -0.39 is 0 Å². The molecule has 3 aromatic rings. The minimum absolute atomic E-state index is 0.130. The molecule has 0 aliphatic carbocycles. The molecule has 0 aliphatic heterocycles. The Hall–Kier alpha value is -3.40. The van der Waals surface area contributed by atoms with Crippen LogP contribution in [-0.4, -0.2) is 18.4 Å². The van der Waals surface area contributed by atoms with Crippen LogP contribution in [0.25, 0.3) is 0 Å². The van der Waals surface area contributed by atoms with Crippen LogP contribution in [-0.2, 0) is 0 Å². The number of para-hydroxylation sites is 1. The Morgan fingerprint density at radius 3 is 2.25 bits per heavy atom. The second-order valence-electron chi connectivity index (χ2n) is 6.74. The lowest BCUT2D eigenvalue weighted by Crippen LogP contribution is -2.30. The van der Waals surface area contributed by atoms with Crippen molar-refractivity contribution in [2.45, 2.75) is 20.8 Å². The van der Waals surface area contributed by atoms with Gasteiger partial charge in [0.15, 0.2) is 0 Å². The highest BCUT2D eigenvalue weighted by Gasteiger charge is 2.17. The van der Waals surface area contributed by atoms with Crippen LogP contribution in [0.5, 0.6) is 0 Å². The van der Waals surface area contributed by atoms with Crippen molar-refractivity contribution in [3.05, 3.63) is 95.1 Å². The predicted molar refractivity (Wildman–Crippen MR) is 114 cm³/mol. The van der Waals surface area contributed by atoms with Gasteiger partial charge >= 0.3 is 0 Å². The molecule has 0 spiro atoms. The molecule has 0 saturated heterocycles. The standard InChI is InChI=1S/C24H24N2O2/c1-4-26(21-11-6-5-7-12-21)24(28)20-10-8-9-19(16-20)23(27)25-22-14-13-17(2)15-18(22)3/h5-16H,4H2,1-3H3,(H,25,27). The number of nitrogens with one attached hydrogen (secondary N) is 1. The normalized spacial score (nSPS) is 10.4. The zero-order chi connectivity index (χ0) is 20.1. The van der Waals surface area contributed by atoms with Crippen LogP contribution in [0, 0.1) is 13.8 Å². The van der Waals surface area contributed by atoms with Crippen LogP contribution in [0.4, 0.5) is 11.4 Å². The van der Waals surface area contributed by atoms with Gasteiger partial charge in [-0.2, -0.15) is 0 Å². The largest absolute Gasteiger partial charge is 0.322 e. The Morgan fingerprint density at radius 2 is 1.57 bits per heavy atom. The lowest BCUT2D eigenvalue weighted by Gasteiger charge is -2.21. The number of nitrogens with zero attached hydrogens (tertiary/aromatic N) is 1. The molecule has 0 unspecified atom stereocenters. The first kappa shape index (κ1) is 19.4. The SMILES string of the molecule is CCN(C(=O)c1cccc(C(=O)Nc2ccc(C)cc2C)c1)c1ccccc1. The smallest absolute Gasteiger partial charge is 0.258 e. The van der Waals surface area contributed by atoms with Crippen LogP contribution < -0.4 is 10.2 Å². The fourth-order valence-electron chi connectivity index (χ4n) is 3.15. The van der Waals surface area contributed by atoms with Crippen LogP contribution in [0.15, 0.2) is 72.8 Å². The van der Waals surface area contributed by atoms with E-state index in [1.165, 1.54) is 0 Å². The number of hydrogen-bond donors (Lipinski definition) is 1. The van der Waals surface area contributed by atoms with Gasteiger partial charge < -0.3 is 10.2 Å². The van der Waals surface area contributed by atoms with Crippen LogP contribution in [0.1, 0.15) is 38.8 Å². The zero-order valence-electron chi connectivity index (χ0n) is 16.4. The third kappa shape index (κ3) is 4.29. The van der Waals surface area contributed by atoms with Crippen molar-refractivity contribution in [1.82, 2.24) is 0 Å². The highest BCUT2D eigenvalue weighted by Crippen LogP contribution is 2.19. The average Bonchev–Trinajstić information content (AvgIpc) is 2.71. The number of aryl methyl sites for hydroxylation is 2. The van der Waals surface area contributed by atoms with Crippen LogP contribution in [0.3, 0.4) is 0 Å². The van der Waals surface area contributed by atoms with E-state index in [1.54, 1.807) is 29.2 Å². The van der Waals surface area contributed by atoms with Gasteiger partial charge in [-0.3, -0.25) is 9.59 Å². The van der Waals surface area contributed by atoms with Gasteiger partial charge in [0.05, 0.1) is 0 Å². The molecule has 0 fully saturated rings. The number of benzene rings is 3. The highest BCUT2D eigenvalue weighted by molar-refractivity contribution is 6.09. The number of carbonyl (C=O) groups is 2. The molecule has 0 radical (unpaired) electrons. The second kappa shape index (κ2) is 8.53. The van der Waals surface area contributed by atoms with E-state index in [0.29, 0.717) is 17.7 Å². The topological polar surface area (TPSA) is 49.4 Å². The van der Waals surface area contributed by atoms with Gasteiger partial charge in [0, 0.05) is 29.0 Å². The maximum Gasteiger partial charge on any atom is 0.258 e. The summed E-state index contributed by atoms with van der Waals surface area (Å²) in [7, 11) is 0. The summed E-state index contributed by atoms with van der Waals surface area (Å²) in [4.78, 5) is 27.4. The van der Waals surface area contributed by atoms with Gasteiger partial charge in [-0.25, -0.2) is 0 Å². The van der Waals surface area contributed by atoms with E-state index in [-0.39, 0.29) is 11.8 Å². The molecule has 1 N–H and O–H groups in total. The van der Waals surface area contributed by atoms with Gasteiger partial charge in [-0.15, -0.1) is 0 Å². The summed E-state index contributed by atoms with van der Waals surface area (Å²) < 4.78 is 0. The molecule has 3 rings (SSSR count). The quantitative estimate of drug-likeness (QED) is 0.667. The maximum absolute atomic E-state index is 13.0. The second-order valence-corrected chi connectivity index (χ2v) is 6.74. The first-order valence-corrected chi connectivity index (χ1v) is 9.35. The summed E-state index contributed by atoms with van der Waals surface area (Å²) in [5.74, 6) is -0.362. The van der Waals surface area contributed by atoms with Gasteiger partial charge in [0.25, 0.3) is 11.8 Å². The third-order valence-corrected chi connectivity index (χ3v) is 4.63. The molecule has 4 nitrogen and oxygen atoms in total. The molecule has 4 heteroatoms. The van der Waals surface area contributed by atoms with Crippen molar-refractivity contribution in [3.63, 3.8) is 0 Å². The molecule has 0 saturated carbocycles. The number of amides is 2. The maximum atomic E-state index is 13.0. The predicted octanol–water partition coefficient (Wildman–Crippen LogP) is 5.22. The molecule has 2 amide bonds. The molecule has 142 valence electrons. The number of carbonyl (C=O) groups excluding carboxylic acids is 2. The third-order valence-electron chi connectivity index (χ3n) is 4.63. The van der Waals surface area contributed by atoms with Gasteiger partial charge in [0.2, 0.25) is 0 Å². The molecular formula is C24H24N2O2. The fourth-order valence-corrected chi connectivity index (χ4v) is 3.15. The van der Waals surface area contributed by atoms with Crippen LogP contribution in [0.2, 0.25) is 0 Å². The summed E-state index contributed by atoms with van der Waals surface area (Å²) in [6, 6.07) is 22.2. The van der Waals surface area contributed by atoms with Crippen molar-refractivity contribution in [2.24, 2.45) is 0 Å². The number of hydrogen-bond acceptors (Lipinski definition) is 2. The summed E-state index contributed by atoms with van der Waals surface area (Å²) in [5, 5.41) is 2.93.